The molecule has 31 heavy (non-hydrogen) atoms. The van der Waals surface area contributed by atoms with Crippen LogP contribution in [0.2, 0.25) is 0 Å². The molecule has 0 amide bonds. The summed E-state index contributed by atoms with van der Waals surface area (Å²) >= 11 is 0. The molecule has 0 aliphatic rings. The zero-order valence-corrected chi connectivity index (χ0v) is 17.3. The van der Waals surface area contributed by atoms with Crippen LogP contribution in [0.1, 0.15) is 20.3 Å². The van der Waals surface area contributed by atoms with Gasteiger partial charge in [-0.25, -0.2) is 4.79 Å². The summed E-state index contributed by atoms with van der Waals surface area (Å²) in [4.78, 5) is 24.8. The van der Waals surface area contributed by atoms with Gasteiger partial charge >= 0.3 is 5.97 Å². The molecule has 1 aromatic heterocycles. The maximum absolute atomic E-state index is 12.9. The number of hydrogen-bond acceptors (Lipinski definition) is 6. The lowest BCUT2D eigenvalue weighted by atomic mass is 10.1. The van der Waals surface area contributed by atoms with Crippen LogP contribution in [0.3, 0.4) is 0 Å². The number of ether oxygens (including phenoxy) is 3. The normalized spacial score (nSPS) is 11.9. The molecule has 1 unspecified atom stereocenters. The monoisotopic (exact) mass is 418 g/mol. The van der Waals surface area contributed by atoms with E-state index in [9.17, 15) is 9.59 Å². The highest BCUT2D eigenvalue weighted by molar-refractivity contribution is 5.84. The second kappa shape index (κ2) is 8.92. The molecule has 158 valence electrons. The Hall–Kier alpha value is -3.80. The van der Waals surface area contributed by atoms with E-state index in [4.69, 9.17) is 18.6 Å². The molecule has 0 aliphatic heterocycles. The lowest BCUT2D eigenvalue weighted by Crippen LogP contribution is -2.28. The third kappa shape index (κ3) is 4.38. The zero-order chi connectivity index (χ0) is 21.8. The average molecular weight is 418 g/mol. The molecule has 0 bridgehead atoms. The van der Waals surface area contributed by atoms with Crippen LogP contribution in [0.4, 0.5) is 0 Å². The molecule has 0 aliphatic carbocycles. The van der Waals surface area contributed by atoms with E-state index in [-0.39, 0.29) is 17.8 Å². The molecule has 0 N–H and O–H groups in total. The number of fused-ring (bicyclic) bond motifs is 2. The SMILES string of the molecule is CCOC(=O)C(CC)Oc1ccc2c(=O)c(Oc3ccc4ccccc4c3)coc2c1. The van der Waals surface area contributed by atoms with Gasteiger partial charge in [0.2, 0.25) is 11.2 Å². The van der Waals surface area contributed by atoms with Crippen molar-refractivity contribution in [1.29, 1.82) is 0 Å². The van der Waals surface area contributed by atoms with Crippen molar-refractivity contribution in [1.82, 2.24) is 0 Å². The quantitative estimate of drug-likeness (QED) is 0.371. The van der Waals surface area contributed by atoms with Crippen molar-refractivity contribution in [3.63, 3.8) is 0 Å². The molecule has 4 rings (SSSR count). The fraction of sp³-hybridized carbons (Fsp3) is 0.200. The Morgan fingerprint density at radius 1 is 0.968 bits per heavy atom. The van der Waals surface area contributed by atoms with Crippen LogP contribution >= 0.6 is 0 Å². The first kappa shape index (κ1) is 20.5. The second-order valence-corrected chi connectivity index (χ2v) is 6.96. The number of esters is 1. The van der Waals surface area contributed by atoms with Gasteiger partial charge in [-0.05, 0) is 48.4 Å². The molecule has 3 aromatic carbocycles. The fourth-order valence-electron chi connectivity index (χ4n) is 3.29. The van der Waals surface area contributed by atoms with Gasteiger partial charge in [0.25, 0.3) is 0 Å². The van der Waals surface area contributed by atoms with Gasteiger partial charge in [-0.15, -0.1) is 0 Å². The Bertz CT molecular complexity index is 1290. The lowest BCUT2D eigenvalue weighted by molar-refractivity contribution is -0.151. The second-order valence-electron chi connectivity index (χ2n) is 6.96. The van der Waals surface area contributed by atoms with E-state index >= 15 is 0 Å². The molecule has 0 fully saturated rings. The van der Waals surface area contributed by atoms with Crippen molar-refractivity contribution >= 4 is 27.7 Å². The summed E-state index contributed by atoms with van der Waals surface area (Å²) < 4.78 is 22.2. The smallest absolute Gasteiger partial charge is 0.347 e. The van der Waals surface area contributed by atoms with E-state index in [1.54, 1.807) is 25.1 Å². The third-order valence-corrected chi connectivity index (χ3v) is 4.86. The van der Waals surface area contributed by atoms with Crippen molar-refractivity contribution < 1.29 is 23.4 Å². The van der Waals surface area contributed by atoms with Crippen LogP contribution in [0.15, 0.2) is 76.1 Å². The Morgan fingerprint density at radius 2 is 1.74 bits per heavy atom. The molecule has 1 heterocycles. The Kier molecular flexibility index (Phi) is 5.89. The largest absolute Gasteiger partial charge is 0.479 e. The minimum Gasteiger partial charge on any atom is -0.479 e. The first-order chi connectivity index (χ1) is 15.1. The predicted molar refractivity (Wildman–Crippen MR) is 118 cm³/mol. The highest BCUT2D eigenvalue weighted by Gasteiger charge is 2.20. The van der Waals surface area contributed by atoms with Gasteiger partial charge in [-0.2, -0.15) is 0 Å². The summed E-state index contributed by atoms with van der Waals surface area (Å²) in [5.41, 5.74) is 0.0467. The number of carbonyl (C=O) groups excluding carboxylic acids is 1. The first-order valence-electron chi connectivity index (χ1n) is 10.1. The summed E-state index contributed by atoms with van der Waals surface area (Å²) in [5.74, 6) is 0.629. The summed E-state index contributed by atoms with van der Waals surface area (Å²) in [7, 11) is 0. The fourth-order valence-corrected chi connectivity index (χ4v) is 3.29. The van der Waals surface area contributed by atoms with Gasteiger partial charge in [0.1, 0.15) is 23.3 Å². The Balaban J connectivity index is 1.59. The molecule has 0 saturated heterocycles. The topological polar surface area (TPSA) is 75.0 Å². The maximum Gasteiger partial charge on any atom is 0.347 e. The Morgan fingerprint density at radius 3 is 2.52 bits per heavy atom. The van der Waals surface area contributed by atoms with Crippen LogP contribution < -0.4 is 14.9 Å². The minimum atomic E-state index is -0.723. The Labute approximate surface area is 179 Å². The van der Waals surface area contributed by atoms with Crippen LogP contribution in [0.5, 0.6) is 17.2 Å². The molecular formula is C25H22O6. The molecule has 0 saturated carbocycles. The van der Waals surface area contributed by atoms with E-state index in [0.29, 0.717) is 28.9 Å². The highest BCUT2D eigenvalue weighted by atomic mass is 16.6. The van der Waals surface area contributed by atoms with E-state index in [1.807, 2.05) is 49.4 Å². The number of carbonyl (C=O) groups is 1. The van der Waals surface area contributed by atoms with Gasteiger partial charge in [0.15, 0.2) is 6.10 Å². The summed E-state index contributed by atoms with van der Waals surface area (Å²) in [6, 6.07) is 18.3. The van der Waals surface area contributed by atoms with Crippen molar-refractivity contribution in [2.75, 3.05) is 6.61 Å². The third-order valence-electron chi connectivity index (χ3n) is 4.86. The van der Waals surface area contributed by atoms with Gasteiger partial charge in [-0.3, -0.25) is 4.79 Å². The van der Waals surface area contributed by atoms with Gasteiger partial charge < -0.3 is 18.6 Å². The number of benzene rings is 3. The summed E-state index contributed by atoms with van der Waals surface area (Å²) in [6.07, 6.45) is 1.02. The summed E-state index contributed by atoms with van der Waals surface area (Å²) in [6.45, 7) is 3.86. The molecular weight excluding hydrogens is 396 g/mol. The molecule has 6 heteroatoms. The zero-order valence-electron chi connectivity index (χ0n) is 17.3. The molecule has 4 aromatic rings. The minimum absolute atomic E-state index is 0.0920. The molecule has 1 atom stereocenters. The summed E-state index contributed by atoms with van der Waals surface area (Å²) in [5, 5.41) is 2.45. The van der Waals surface area contributed by atoms with Gasteiger partial charge in [0.05, 0.1) is 12.0 Å². The average Bonchev–Trinajstić information content (AvgIpc) is 2.79. The van der Waals surface area contributed by atoms with Crippen LogP contribution in [-0.4, -0.2) is 18.7 Å². The first-order valence-corrected chi connectivity index (χ1v) is 10.1. The standard InChI is InChI=1S/C25H22O6/c1-3-21(25(27)28-4-2)30-19-11-12-20-22(14-19)29-15-23(24(20)26)31-18-10-9-16-7-5-6-8-17(16)13-18/h5-15,21H,3-4H2,1-2H3. The number of hydrogen-bond donors (Lipinski definition) is 0. The van der Waals surface area contributed by atoms with Crippen LogP contribution in [-0.2, 0) is 9.53 Å². The van der Waals surface area contributed by atoms with Crippen molar-refractivity contribution in [2.45, 2.75) is 26.4 Å². The van der Waals surface area contributed by atoms with E-state index in [2.05, 4.69) is 0 Å². The molecule has 6 nitrogen and oxygen atoms in total. The lowest BCUT2D eigenvalue weighted by Gasteiger charge is -2.16. The van der Waals surface area contributed by atoms with E-state index in [0.717, 1.165) is 10.8 Å². The van der Waals surface area contributed by atoms with Crippen molar-refractivity contribution in [2.24, 2.45) is 0 Å². The van der Waals surface area contributed by atoms with Gasteiger partial charge in [-0.1, -0.05) is 37.3 Å². The molecule has 0 radical (unpaired) electrons. The van der Waals surface area contributed by atoms with Gasteiger partial charge in [0, 0.05) is 6.07 Å². The van der Waals surface area contributed by atoms with E-state index in [1.165, 1.54) is 6.26 Å². The van der Waals surface area contributed by atoms with Crippen LogP contribution in [0.25, 0.3) is 21.7 Å². The predicted octanol–water partition coefficient (Wildman–Crippen LogP) is 5.46. The van der Waals surface area contributed by atoms with E-state index < -0.39 is 12.1 Å². The van der Waals surface area contributed by atoms with Crippen LogP contribution in [0, 0.1) is 0 Å². The van der Waals surface area contributed by atoms with Crippen molar-refractivity contribution in [3.05, 3.63) is 77.2 Å². The highest BCUT2D eigenvalue weighted by Crippen LogP contribution is 2.27. The maximum atomic E-state index is 12.9. The molecule has 0 spiro atoms. The van der Waals surface area contributed by atoms with Crippen molar-refractivity contribution in [3.8, 4) is 17.2 Å². The number of rotatable bonds is 7.